The summed E-state index contributed by atoms with van der Waals surface area (Å²) in [5.74, 6) is 0.853. The summed E-state index contributed by atoms with van der Waals surface area (Å²) >= 11 is 5.48. The Morgan fingerprint density at radius 2 is 2.04 bits per heavy atom. The number of hydrogen-bond acceptors (Lipinski definition) is 5. The maximum absolute atomic E-state index is 5.49. The average molecular weight is 387 g/mol. The molecule has 1 aromatic carbocycles. The van der Waals surface area contributed by atoms with E-state index < -0.39 is 0 Å². The number of nitrogens with one attached hydrogen (secondary N) is 2. The third-order valence-electron chi connectivity index (χ3n) is 4.43. The number of nitrogens with zero attached hydrogens (tertiary/aromatic N) is 2. The quantitative estimate of drug-likeness (QED) is 0.710. The Bertz CT molecular complexity index is 706. The Balaban J connectivity index is 1.58. The highest BCUT2D eigenvalue weighted by Gasteiger charge is 2.22. The largest absolute Gasteiger partial charge is 0.494 e. The van der Waals surface area contributed by atoms with Crippen molar-refractivity contribution < 1.29 is 9.47 Å². The molecule has 0 unspecified atom stereocenters. The van der Waals surface area contributed by atoms with Crippen LogP contribution in [-0.4, -0.2) is 54.5 Å². The van der Waals surface area contributed by atoms with Gasteiger partial charge in [0.15, 0.2) is 5.11 Å². The molecule has 3 rings (SSSR count). The summed E-state index contributed by atoms with van der Waals surface area (Å²) in [5.41, 5.74) is 2.11. The van der Waals surface area contributed by atoms with Gasteiger partial charge in [0.25, 0.3) is 0 Å². The van der Waals surface area contributed by atoms with Crippen LogP contribution in [0.15, 0.2) is 48.8 Å². The van der Waals surface area contributed by atoms with Crippen LogP contribution in [0.25, 0.3) is 0 Å². The molecule has 144 valence electrons. The van der Waals surface area contributed by atoms with Gasteiger partial charge in [-0.15, -0.1) is 0 Å². The topological polar surface area (TPSA) is 58.7 Å². The van der Waals surface area contributed by atoms with Crippen molar-refractivity contribution in [2.45, 2.75) is 13.0 Å². The van der Waals surface area contributed by atoms with Crippen molar-refractivity contribution in [3.05, 3.63) is 54.4 Å². The standard InChI is InChI=1S/C20H26N4O2S/c1-2-26-18-7-5-17(6-8-18)23-20(27)22-15-19(16-4-3-9-21-14-16)24-10-12-25-13-11-24/h3-9,14,19H,2,10-13,15H2,1H3,(H2,22,23,27)/t19-/m0/s1. The first-order chi connectivity index (χ1) is 13.3. The molecular weight excluding hydrogens is 360 g/mol. The molecule has 1 aliphatic rings. The Labute approximate surface area is 165 Å². The first kappa shape index (κ1) is 19.5. The molecule has 7 heteroatoms. The zero-order valence-electron chi connectivity index (χ0n) is 15.6. The van der Waals surface area contributed by atoms with E-state index in [1.54, 1.807) is 6.20 Å². The monoisotopic (exact) mass is 386 g/mol. The summed E-state index contributed by atoms with van der Waals surface area (Å²) in [5, 5.41) is 7.17. The third kappa shape index (κ3) is 5.89. The van der Waals surface area contributed by atoms with E-state index in [9.17, 15) is 0 Å². The van der Waals surface area contributed by atoms with Gasteiger partial charge in [0.2, 0.25) is 0 Å². The molecule has 0 spiro atoms. The van der Waals surface area contributed by atoms with Gasteiger partial charge < -0.3 is 20.1 Å². The molecule has 1 aromatic heterocycles. The first-order valence-electron chi connectivity index (χ1n) is 9.25. The van der Waals surface area contributed by atoms with Gasteiger partial charge in [-0.2, -0.15) is 0 Å². The molecule has 2 N–H and O–H groups in total. The zero-order chi connectivity index (χ0) is 18.9. The molecule has 1 fully saturated rings. The van der Waals surface area contributed by atoms with Crippen molar-refractivity contribution in [1.29, 1.82) is 0 Å². The molecule has 6 nitrogen and oxygen atoms in total. The van der Waals surface area contributed by atoms with E-state index >= 15 is 0 Å². The van der Waals surface area contributed by atoms with E-state index in [2.05, 4.69) is 26.6 Å². The van der Waals surface area contributed by atoms with Crippen molar-refractivity contribution >= 4 is 23.0 Å². The summed E-state index contributed by atoms with van der Waals surface area (Å²) in [6, 6.07) is 12.1. The molecule has 27 heavy (non-hydrogen) atoms. The second kappa shape index (κ2) is 10.2. The minimum atomic E-state index is 0.197. The summed E-state index contributed by atoms with van der Waals surface area (Å²) in [6.07, 6.45) is 3.72. The maximum atomic E-state index is 5.49. The number of rotatable bonds is 7. The molecule has 0 bridgehead atoms. The second-order valence-electron chi connectivity index (χ2n) is 6.24. The van der Waals surface area contributed by atoms with Crippen LogP contribution in [0, 0.1) is 0 Å². The van der Waals surface area contributed by atoms with Crippen LogP contribution >= 0.6 is 12.2 Å². The molecule has 1 saturated heterocycles. The van der Waals surface area contributed by atoms with Crippen molar-refractivity contribution in [3.63, 3.8) is 0 Å². The fourth-order valence-corrected chi connectivity index (χ4v) is 3.29. The normalized spacial score (nSPS) is 15.7. The number of benzene rings is 1. The minimum absolute atomic E-state index is 0.197. The fourth-order valence-electron chi connectivity index (χ4n) is 3.09. The fraction of sp³-hybridized carbons (Fsp3) is 0.400. The van der Waals surface area contributed by atoms with Gasteiger partial charge in [-0.25, -0.2) is 0 Å². The summed E-state index contributed by atoms with van der Waals surface area (Å²) < 4.78 is 11.0. The lowest BCUT2D eigenvalue weighted by Crippen LogP contribution is -2.44. The predicted molar refractivity (Wildman–Crippen MR) is 111 cm³/mol. The number of thiocarbonyl (C=S) groups is 1. The van der Waals surface area contributed by atoms with Gasteiger partial charge in [-0.05, 0) is 55.0 Å². The summed E-state index contributed by atoms with van der Waals surface area (Å²) in [7, 11) is 0. The predicted octanol–water partition coefficient (Wildman–Crippen LogP) is 2.84. The summed E-state index contributed by atoms with van der Waals surface area (Å²) in [4.78, 5) is 6.68. The van der Waals surface area contributed by atoms with Crippen LogP contribution in [0.4, 0.5) is 5.69 Å². The highest BCUT2D eigenvalue weighted by molar-refractivity contribution is 7.80. The molecule has 0 radical (unpaired) electrons. The van der Waals surface area contributed by atoms with Crippen molar-refractivity contribution in [2.75, 3.05) is 44.8 Å². The van der Waals surface area contributed by atoms with E-state index in [0.29, 0.717) is 18.3 Å². The van der Waals surface area contributed by atoms with Gasteiger partial charge >= 0.3 is 0 Å². The Hall–Kier alpha value is -2.22. The molecule has 1 atom stereocenters. The van der Waals surface area contributed by atoms with E-state index in [1.807, 2.05) is 43.5 Å². The summed E-state index contributed by atoms with van der Waals surface area (Å²) in [6.45, 7) is 6.65. The van der Waals surface area contributed by atoms with Crippen LogP contribution in [0.3, 0.4) is 0 Å². The number of aromatic nitrogens is 1. The highest BCUT2D eigenvalue weighted by atomic mass is 32.1. The molecule has 0 amide bonds. The Morgan fingerprint density at radius 3 is 2.70 bits per heavy atom. The zero-order valence-corrected chi connectivity index (χ0v) is 16.4. The van der Waals surface area contributed by atoms with Gasteiger partial charge in [0, 0.05) is 37.7 Å². The van der Waals surface area contributed by atoms with E-state index in [0.717, 1.165) is 37.7 Å². The third-order valence-corrected chi connectivity index (χ3v) is 4.68. The number of anilines is 1. The number of morpholine rings is 1. The van der Waals surface area contributed by atoms with Crippen LogP contribution < -0.4 is 15.4 Å². The van der Waals surface area contributed by atoms with Crippen LogP contribution in [-0.2, 0) is 4.74 Å². The van der Waals surface area contributed by atoms with Crippen LogP contribution in [0.5, 0.6) is 5.75 Å². The van der Waals surface area contributed by atoms with Gasteiger partial charge in [-0.1, -0.05) is 6.07 Å². The molecule has 1 aliphatic heterocycles. The van der Waals surface area contributed by atoms with E-state index in [-0.39, 0.29) is 6.04 Å². The number of hydrogen-bond donors (Lipinski definition) is 2. The van der Waals surface area contributed by atoms with Crippen molar-refractivity contribution in [1.82, 2.24) is 15.2 Å². The molecule has 0 aliphatic carbocycles. The van der Waals surface area contributed by atoms with Gasteiger partial charge in [-0.3, -0.25) is 9.88 Å². The smallest absolute Gasteiger partial charge is 0.170 e. The second-order valence-corrected chi connectivity index (χ2v) is 6.65. The van der Waals surface area contributed by atoms with Crippen molar-refractivity contribution in [2.24, 2.45) is 0 Å². The van der Waals surface area contributed by atoms with Crippen LogP contribution in [0.1, 0.15) is 18.5 Å². The maximum Gasteiger partial charge on any atom is 0.170 e. The van der Waals surface area contributed by atoms with Crippen molar-refractivity contribution in [3.8, 4) is 5.75 Å². The lowest BCUT2D eigenvalue weighted by molar-refractivity contribution is 0.0170. The Kier molecular flexibility index (Phi) is 7.38. The SMILES string of the molecule is CCOc1ccc(NC(=S)NC[C@@H](c2cccnc2)N2CCOCC2)cc1. The molecular formula is C20H26N4O2S. The van der Waals surface area contributed by atoms with Gasteiger partial charge in [0.1, 0.15) is 5.75 Å². The average Bonchev–Trinajstić information content (AvgIpc) is 2.71. The lowest BCUT2D eigenvalue weighted by Gasteiger charge is -2.35. The first-order valence-corrected chi connectivity index (χ1v) is 9.66. The van der Waals surface area contributed by atoms with E-state index in [4.69, 9.17) is 21.7 Å². The molecule has 0 saturated carbocycles. The van der Waals surface area contributed by atoms with E-state index in [1.165, 1.54) is 5.56 Å². The molecule has 2 aromatic rings. The number of pyridine rings is 1. The Morgan fingerprint density at radius 1 is 1.26 bits per heavy atom. The minimum Gasteiger partial charge on any atom is -0.494 e. The lowest BCUT2D eigenvalue weighted by atomic mass is 10.1. The number of ether oxygens (including phenoxy) is 2. The van der Waals surface area contributed by atoms with Gasteiger partial charge in [0.05, 0.1) is 25.9 Å². The molecule has 2 heterocycles. The highest BCUT2D eigenvalue weighted by Crippen LogP contribution is 2.20. The van der Waals surface area contributed by atoms with Crippen LogP contribution in [0.2, 0.25) is 0 Å².